The molecule has 0 aliphatic heterocycles. The summed E-state index contributed by atoms with van der Waals surface area (Å²) in [6.07, 6.45) is 0.889. The third-order valence-electron chi connectivity index (χ3n) is 1.77. The molecule has 0 aliphatic carbocycles. The van der Waals surface area contributed by atoms with Gasteiger partial charge in [-0.2, -0.15) is 0 Å². The monoisotopic (exact) mass is 169 g/mol. The van der Waals surface area contributed by atoms with E-state index < -0.39 is 0 Å². The first-order valence-corrected chi connectivity index (χ1v) is 4.11. The third kappa shape index (κ3) is 2.09. The summed E-state index contributed by atoms with van der Waals surface area (Å²) in [7, 11) is 1.64. The van der Waals surface area contributed by atoms with Gasteiger partial charge in [0.05, 0.1) is 6.04 Å². The molecule has 1 rings (SSSR count). The van der Waals surface area contributed by atoms with Crippen molar-refractivity contribution in [2.24, 2.45) is 5.73 Å². The van der Waals surface area contributed by atoms with Crippen LogP contribution in [0.5, 0.6) is 0 Å². The predicted molar refractivity (Wildman–Crippen MR) is 46.6 cm³/mol. The molecule has 1 heterocycles. The molecular formula is C9H15NO2. The first kappa shape index (κ1) is 9.29. The van der Waals surface area contributed by atoms with Gasteiger partial charge in [-0.05, 0) is 18.6 Å². The molecule has 0 radical (unpaired) electrons. The van der Waals surface area contributed by atoms with E-state index in [1.807, 2.05) is 19.1 Å². The van der Waals surface area contributed by atoms with Gasteiger partial charge in [-0.3, -0.25) is 0 Å². The number of hydrogen-bond donors (Lipinski definition) is 1. The molecule has 1 atom stereocenters. The molecule has 0 amide bonds. The van der Waals surface area contributed by atoms with Gasteiger partial charge in [-0.25, -0.2) is 0 Å². The highest BCUT2D eigenvalue weighted by atomic mass is 16.5. The van der Waals surface area contributed by atoms with Gasteiger partial charge in [-0.15, -0.1) is 0 Å². The molecule has 0 spiro atoms. The van der Waals surface area contributed by atoms with E-state index in [0.29, 0.717) is 6.61 Å². The Hall–Kier alpha value is -0.800. The largest absolute Gasteiger partial charge is 0.462 e. The minimum Gasteiger partial charge on any atom is -0.462 e. The van der Waals surface area contributed by atoms with Gasteiger partial charge in [0.2, 0.25) is 0 Å². The van der Waals surface area contributed by atoms with E-state index >= 15 is 0 Å². The lowest BCUT2D eigenvalue weighted by Crippen LogP contribution is -2.06. The van der Waals surface area contributed by atoms with Crippen LogP contribution >= 0.6 is 0 Å². The van der Waals surface area contributed by atoms with Crippen LogP contribution < -0.4 is 5.73 Å². The van der Waals surface area contributed by atoms with Crippen molar-refractivity contribution < 1.29 is 9.15 Å². The van der Waals surface area contributed by atoms with Crippen molar-refractivity contribution >= 4 is 0 Å². The summed E-state index contributed by atoms with van der Waals surface area (Å²) in [6.45, 7) is 2.54. The first-order chi connectivity index (χ1) is 5.77. The fraction of sp³-hybridized carbons (Fsp3) is 0.556. The lowest BCUT2D eigenvalue weighted by Gasteiger charge is -2.03. The van der Waals surface area contributed by atoms with Crippen LogP contribution in [0.1, 0.15) is 30.9 Å². The Bertz CT molecular complexity index is 232. The topological polar surface area (TPSA) is 48.4 Å². The maximum atomic E-state index is 5.77. The van der Waals surface area contributed by atoms with Crippen LogP contribution in [-0.2, 0) is 11.3 Å². The molecule has 0 fully saturated rings. The van der Waals surface area contributed by atoms with Gasteiger partial charge in [0.15, 0.2) is 0 Å². The van der Waals surface area contributed by atoms with Crippen molar-refractivity contribution in [3.63, 3.8) is 0 Å². The Kier molecular flexibility index (Phi) is 3.31. The minimum atomic E-state index is 0.00982. The van der Waals surface area contributed by atoms with Crippen LogP contribution in [0.15, 0.2) is 16.5 Å². The van der Waals surface area contributed by atoms with Gasteiger partial charge in [0.25, 0.3) is 0 Å². The lowest BCUT2D eigenvalue weighted by molar-refractivity contribution is 0.162. The Morgan fingerprint density at radius 1 is 1.58 bits per heavy atom. The molecular weight excluding hydrogens is 154 g/mol. The smallest absolute Gasteiger partial charge is 0.129 e. The average Bonchev–Trinajstić information content (AvgIpc) is 2.52. The van der Waals surface area contributed by atoms with E-state index in [0.717, 1.165) is 17.9 Å². The van der Waals surface area contributed by atoms with Gasteiger partial charge >= 0.3 is 0 Å². The molecule has 0 bridgehead atoms. The summed E-state index contributed by atoms with van der Waals surface area (Å²) < 4.78 is 10.3. The van der Waals surface area contributed by atoms with Crippen molar-refractivity contribution in [1.82, 2.24) is 0 Å². The Balaban J connectivity index is 2.63. The minimum absolute atomic E-state index is 0.00982. The molecule has 68 valence electrons. The highest BCUT2D eigenvalue weighted by Crippen LogP contribution is 2.17. The molecule has 2 N–H and O–H groups in total. The fourth-order valence-electron chi connectivity index (χ4n) is 1.01. The lowest BCUT2D eigenvalue weighted by atomic mass is 10.2. The van der Waals surface area contributed by atoms with Crippen molar-refractivity contribution in [3.05, 3.63) is 23.7 Å². The summed E-state index contributed by atoms with van der Waals surface area (Å²) in [4.78, 5) is 0. The standard InChI is InChI=1S/C9H15NO2/c1-3-8(10)9-5-4-7(12-9)6-11-2/h4-5,8H,3,6,10H2,1-2H3. The van der Waals surface area contributed by atoms with Crippen LogP contribution in [0.4, 0.5) is 0 Å². The van der Waals surface area contributed by atoms with E-state index in [1.54, 1.807) is 7.11 Å². The van der Waals surface area contributed by atoms with Crippen LogP contribution in [-0.4, -0.2) is 7.11 Å². The average molecular weight is 169 g/mol. The molecule has 0 aromatic carbocycles. The van der Waals surface area contributed by atoms with Crippen LogP contribution in [0.3, 0.4) is 0 Å². The molecule has 3 heteroatoms. The number of ether oxygens (including phenoxy) is 1. The molecule has 1 aromatic rings. The van der Waals surface area contributed by atoms with Crippen molar-refractivity contribution in [1.29, 1.82) is 0 Å². The molecule has 1 unspecified atom stereocenters. The van der Waals surface area contributed by atoms with Gasteiger partial charge < -0.3 is 14.9 Å². The van der Waals surface area contributed by atoms with Crippen molar-refractivity contribution in [2.75, 3.05) is 7.11 Å². The number of hydrogen-bond acceptors (Lipinski definition) is 3. The van der Waals surface area contributed by atoms with E-state index in [4.69, 9.17) is 14.9 Å². The second-order valence-corrected chi connectivity index (χ2v) is 2.75. The molecule has 0 aliphatic rings. The summed E-state index contributed by atoms with van der Waals surface area (Å²) in [5.74, 6) is 1.67. The van der Waals surface area contributed by atoms with E-state index in [-0.39, 0.29) is 6.04 Å². The first-order valence-electron chi connectivity index (χ1n) is 4.11. The Morgan fingerprint density at radius 2 is 2.33 bits per heavy atom. The van der Waals surface area contributed by atoms with Crippen LogP contribution in [0.25, 0.3) is 0 Å². The van der Waals surface area contributed by atoms with E-state index in [9.17, 15) is 0 Å². The summed E-state index contributed by atoms with van der Waals surface area (Å²) in [5, 5.41) is 0. The zero-order valence-electron chi connectivity index (χ0n) is 7.54. The zero-order valence-corrected chi connectivity index (χ0v) is 7.54. The van der Waals surface area contributed by atoms with Crippen LogP contribution in [0.2, 0.25) is 0 Å². The maximum absolute atomic E-state index is 5.77. The third-order valence-corrected chi connectivity index (χ3v) is 1.77. The van der Waals surface area contributed by atoms with Gasteiger partial charge in [0, 0.05) is 7.11 Å². The van der Waals surface area contributed by atoms with E-state index in [2.05, 4.69) is 0 Å². The number of furan rings is 1. The van der Waals surface area contributed by atoms with Gasteiger partial charge in [-0.1, -0.05) is 6.92 Å². The summed E-state index contributed by atoms with van der Waals surface area (Å²) in [5.41, 5.74) is 5.77. The Morgan fingerprint density at radius 3 is 2.92 bits per heavy atom. The predicted octanol–water partition coefficient (Wildman–Crippen LogP) is 1.84. The number of nitrogens with two attached hydrogens (primary N) is 1. The SMILES string of the molecule is CCC(N)c1ccc(COC)o1. The summed E-state index contributed by atoms with van der Waals surface area (Å²) in [6, 6.07) is 3.81. The molecule has 0 saturated carbocycles. The molecule has 12 heavy (non-hydrogen) atoms. The quantitative estimate of drug-likeness (QED) is 0.748. The fourth-order valence-corrected chi connectivity index (χ4v) is 1.01. The number of methoxy groups -OCH3 is 1. The molecule has 1 aromatic heterocycles. The molecule has 3 nitrogen and oxygen atoms in total. The second kappa shape index (κ2) is 4.28. The number of rotatable bonds is 4. The maximum Gasteiger partial charge on any atom is 0.129 e. The van der Waals surface area contributed by atoms with Crippen molar-refractivity contribution in [2.45, 2.75) is 26.0 Å². The normalized spacial score (nSPS) is 13.2. The van der Waals surface area contributed by atoms with E-state index in [1.165, 1.54) is 0 Å². The Labute approximate surface area is 72.5 Å². The molecule has 0 saturated heterocycles. The van der Waals surface area contributed by atoms with Crippen molar-refractivity contribution in [3.8, 4) is 0 Å². The highest BCUT2D eigenvalue weighted by Gasteiger charge is 2.07. The zero-order chi connectivity index (χ0) is 8.97. The van der Waals surface area contributed by atoms with Gasteiger partial charge in [0.1, 0.15) is 18.1 Å². The summed E-state index contributed by atoms with van der Waals surface area (Å²) >= 11 is 0. The second-order valence-electron chi connectivity index (χ2n) is 2.75. The van der Waals surface area contributed by atoms with Crippen LogP contribution in [0, 0.1) is 0 Å². The highest BCUT2D eigenvalue weighted by molar-refractivity contribution is 5.09.